The van der Waals surface area contributed by atoms with Crippen LogP contribution in [0.5, 0.6) is 0 Å². The van der Waals surface area contributed by atoms with Gasteiger partial charge >= 0.3 is 0 Å². The first kappa shape index (κ1) is 12.4. The predicted molar refractivity (Wildman–Crippen MR) is 72.3 cm³/mol. The van der Waals surface area contributed by atoms with E-state index in [0.29, 0.717) is 5.70 Å². The van der Waals surface area contributed by atoms with E-state index in [0.717, 1.165) is 11.1 Å². The van der Waals surface area contributed by atoms with Gasteiger partial charge in [-0.25, -0.2) is 0 Å². The smallest absolute Gasteiger partial charge is 0.155 e. The van der Waals surface area contributed by atoms with Gasteiger partial charge in [0.25, 0.3) is 0 Å². The fourth-order valence-electron chi connectivity index (χ4n) is 1.98. The molecular formula is C15H16N2O. The Morgan fingerprint density at radius 1 is 0.944 bits per heavy atom. The molecule has 0 heterocycles. The number of aliphatic hydroxyl groups is 1. The third kappa shape index (κ3) is 2.01. The average Bonchev–Trinajstić information content (AvgIpc) is 2.47. The normalized spacial score (nSPS) is 11.0. The van der Waals surface area contributed by atoms with E-state index >= 15 is 0 Å². The summed E-state index contributed by atoms with van der Waals surface area (Å²) in [4.78, 5) is 0. The molecule has 4 N–H and O–H groups in total. The van der Waals surface area contributed by atoms with Gasteiger partial charge in [0.2, 0.25) is 0 Å². The topological polar surface area (TPSA) is 58.3 Å². The highest BCUT2D eigenvalue weighted by Gasteiger charge is 2.34. The summed E-state index contributed by atoms with van der Waals surface area (Å²) in [7, 11) is 0. The van der Waals surface area contributed by atoms with Crippen molar-refractivity contribution in [3.05, 3.63) is 84.1 Å². The second-order valence-electron chi connectivity index (χ2n) is 4.07. The van der Waals surface area contributed by atoms with Gasteiger partial charge in [-0.15, -0.1) is 0 Å². The van der Waals surface area contributed by atoms with Gasteiger partial charge in [-0.3, -0.25) is 5.84 Å². The van der Waals surface area contributed by atoms with Gasteiger partial charge < -0.3 is 10.5 Å². The van der Waals surface area contributed by atoms with Gasteiger partial charge in [0.05, 0.1) is 5.70 Å². The minimum atomic E-state index is -1.34. The number of nitrogens with two attached hydrogens (primary N) is 1. The van der Waals surface area contributed by atoms with Crippen LogP contribution in [0.4, 0.5) is 0 Å². The van der Waals surface area contributed by atoms with Crippen molar-refractivity contribution in [2.45, 2.75) is 5.60 Å². The van der Waals surface area contributed by atoms with Crippen LogP contribution in [0, 0.1) is 0 Å². The van der Waals surface area contributed by atoms with Gasteiger partial charge in [0.15, 0.2) is 5.60 Å². The minimum absolute atomic E-state index is 0.333. The summed E-state index contributed by atoms with van der Waals surface area (Å²) in [6.45, 7) is 3.81. The molecule has 0 saturated carbocycles. The first-order valence-electron chi connectivity index (χ1n) is 5.69. The summed E-state index contributed by atoms with van der Waals surface area (Å²) in [6.07, 6.45) is 0. The summed E-state index contributed by atoms with van der Waals surface area (Å²) >= 11 is 0. The lowest BCUT2D eigenvalue weighted by Gasteiger charge is -2.31. The van der Waals surface area contributed by atoms with Gasteiger partial charge in [0, 0.05) is 0 Å². The van der Waals surface area contributed by atoms with Gasteiger partial charge in [-0.1, -0.05) is 67.2 Å². The van der Waals surface area contributed by atoms with E-state index in [4.69, 9.17) is 5.84 Å². The molecule has 0 aromatic heterocycles. The monoisotopic (exact) mass is 240 g/mol. The molecule has 0 saturated heterocycles. The second kappa shape index (κ2) is 5.04. The summed E-state index contributed by atoms with van der Waals surface area (Å²) in [5.41, 5.74) is 2.90. The zero-order valence-corrected chi connectivity index (χ0v) is 10.0. The van der Waals surface area contributed by atoms with E-state index in [1.165, 1.54) is 0 Å². The zero-order valence-electron chi connectivity index (χ0n) is 10.0. The summed E-state index contributed by atoms with van der Waals surface area (Å²) in [5, 5.41) is 11.0. The van der Waals surface area contributed by atoms with Crippen molar-refractivity contribution in [2.75, 3.05) is 0 Å². The highest BCUT2D eigenvalue weighted by molar-refractivity contribution is 5.43. The molecule has 18 heavy (non-hydrogen) atoms. The van der Waals surface area contributed by atoms with Crippen molar-refractivity contribution in [2.24, 2.45) is 5.84 Å². The predicted octanol–water partition coefficient (Wildman–Crippen LogP) is 1.90. The molecule has 2 aromatic carbocycles. The molecule has 3 heteroatoms. The molecule has 92 valence electrons. The molecular weight excluding hydrogens is 224 g/mol. The number of hydrazine groups is 1. The molecule has 0 amide bonds. The van der Waals surface area contributed by atoms with Crippen LogP contribution in [0.15, 0.2) is 72.9 Å². The Kier molecular flexibility index (Phi) is 3.46. The number of rotatable bonds is 4. The first-order valence-corrected chi connectivity index (χ1v) is 5.69. The Labute approximate surface area is 107 Å². The Bertz CT molecular complexity index is 483. The largest absolute Gasteiger partial charge is 0.375 e. The molecule has 2 rings (SSSR count). The molecule has 0 unspecified atom stereocenters. The van der Waals surface area contributed by atoms with Crippen molar-refractivity contribution in [3.8, 4) is 0 Å². The van der Waals surface area contributed by atoms with Crippen molar-refractivity contribution in [1.82, 2.24) is 5.43 Å². The maximum atomic E-state index is 11.0. The maximum absolute atomic E-state index is 11.0. The van der Waals surface area contributed by atoms with Crippen molar-refractivity contribution in [3.63, 3.8) is 0 Å². The van der Waals surface area contributed by atoms with Gasteiger partial charge in [-0.05, 0) is 11.1 Å². The van der Waals surface area contributed by atoms with Crippen LogP contribution >= 0.6 is 0 Å². The second-order valence-corrected chi connectivity index (χ2v) is 4.07. The number of hydrogen-bond donors (Lipinski definition) is 3. The van der Waals surface area contributed by atoms with Gasteiger partial charge in [-0.2, -0.15) is 0 Å². The zero-order chi connectivity index (χ0) is 13.0. The number of benzene rings is 2. The quantitative estimate of drug-likeness (QED) is 0.565. The fraction of sp³-hybridized carbons (Fsp3) is 0.0667. The molecule has 0 spiro atoms. The lowest BCUT2D eigenvalue weighted by Crippen LogP contribution is -2.39. The molecule has 2 aromatic rings. The number of hydrogen-bond acceptors (Lipinski definition) is 3. The molecule has 0 aliphatic rings. The molecule has 0 bridgehead atoms. The van der Waals surface area contributed by atoms with Crippen LogP contribution in [-0.4, -0.2) is 5.11 Å². The Morgan fingerprint density at radius 2 is 1.33 bits per heavy atom. The van der Waals surface area contributed by atoms with Gasteiger partial charge in [0.1, 0.15) is 0 Å². The Morgan fingerprint density at radius 3 is 1.67 bits per heavy atom. The molecule has 0 radical (unpaired) electrons. The minimum Gasteiger partial charge on any atom is -0.375 e. The van der Waals surface area contributed by atoms with E-state index in [-0.39, 0.29) is 0 Å². The van der Waals surface area contributed by atoms with E-state index in [9.17, 15) is 5.11 Å². The summed E-state index contributed by atoms with van der Waals surface area (Å²) < 4.78 is 0. The van der Waals surface area contributed by atoms with Crippen LogP contribution in [0.2, 0.25) is 0 Å². The van der Waals surface area contributed by atoms with Crippen molar-refractivity contribution in [1.29, 1.82) is 0 Å². The highest BCUT2D eigenvalue weighted by Crippen LogP contribution is 2.33. The molecule has 0 aliphatic heterocycles. The van der Waals surface area contributed by atoms with Crippen LogP contribution in [0.25, 0.3) is 0 Å². The lowest BCUT2D eigenvalue weighted by molar-refractivity contribution is 0.113. The first-order chi connectivity index (χ1) is 8.69. The van der Waals surface area contributed by atoms with Crippen LogP contribution in [-0.2, 0) is 5.60 Å². The molecule has 0 fully saturated rings. The molecule has 0 atom stereocenters. The third-order valence-corrected chi connectivity index (χ3v) is 2.99. The van der Waals surface area contributed by atoms with E-state index in [2.05, 4.69) is 12.0 Å². The lowest BCUT2D eigenvalue weighted by atomic mass is 9.84. The fourth-order valence-corrected chi connectivity index (χ4v) is 1.98. The van der Waals surface area contributed by atoms with Crippen LogP contribution < -0.4 is 11.3 Å². The number of nitrogens with one attached hydrogen (secondary N) is 1. The third-order valence-electron chi connectivity index (χ3n) is 2.99. The summed E-state index contributed by atoms with van der Waals surface area (Å²) in [6, 6.07) is 18.6. The standard InChI is InChI=1S/C15H16N2O/c1-12(17-16)15(18,13-8-4-2-5-9-13)14-10-6-3-7-11-14/h2-11,17-18H,1,16H2. The van der Waals surface area contributed by atoms with Crippen LogP contribution in [0.3, 0.4) is 0 Å². The van der Waals surface area contributed by atoms with E-state index in [1.807, 2.05) is 60.7 Å². The van der Waals surface area contributed by atoms with E-state index in [1.54, 1.807) is 0 Å². The summed E-state index contributed by atoms with van der Waals surface area (Å²) in [5.74, 6) is 5.42. The Hall–Kier alpha value is -2.10. The average molecular weight is 240 g/mol. The molecule has 0 aliphatic carbocycles. The maximum Gasteiger partial charge on any atom is 0.155 e. The molecule has 3 nitrogen and oxygen atoms in total. The van der Waals surface area contributed by atoms with E-state index < -0.39 is 5.60 Å². The highest BCUT2D eigenvalue weighted by atomic mass is 16.3. The van der Waals surface area contributed by atoms with Crippen LogP contribution in [0.1, 0.15) is 11.1 Å². The van der Waals surface area contributed by atoms with Crippen molar-refractivity contribution >= 4 is 0 Å². The van der Waals surface area contributed by atoms with Crippen molar-refractivity contribution < 1.29 is 5.11 Å². The Balaban J connectivity index is 2.59. The SMILES string of the molecule is C=C(NN)C(O)(c1ccccc1)c1ccccc1.